The van der Waals surface area contributed by atoms with E-state index in [1.165, 1.54) is 4.90 Å². The number of aromatic amines is 1. The molecule has 152 valence electrons. The van der Waals surface area contributed by atoms with Crippen molar-refractivity contribution in [3.63, 3.8) is 0 Å². The molecule has 2 amide bonds. The molecule has 0 atom stereocenters. The molecule has 7 heteroatoms. The lowest BCUT2D eigenvalue weighted by atomic mass is 10.1. The average molecular weight is 422 g/mol. The number of pyridine rings is 1. The number of urea groups is 1. The Bertz CT molecular complexity index is 1250. The fourth-order valence-corrected chi connectivity index (χ4v) is 3.43. The smallest absolute Gasteiger partial charge is 0.322 e. The van der Waals surface area contributed by atoms with Crippen LogP contribution >= 0.6 is 11.6 Å². The highest BCUT2D eigenvalue weighted by Crippen LogP contribution is 2.18. The van der Waals surface area contributed by atoms with Crippen LogP contribution in [-0.4, -0.2) is 15.9 Å². The van der Waals surface area contributed by atoms with Crippen LogP contribution in [0.15, 0.2) is 76.1 Å². The summed E-state index contributed by atoms with van der Waals surface area (Å²) < 4.78 is 5.41. The maximum Gasteiger partial charge on any atom is 0.322 e. The molecule has 30 heavy (non-hydrogen) atoms. The maximum atomic E-state index is 13.0. The van der Waals surface area contributed by atoms with Crippen LogP contribution in [-0.2, 0) is 13.1 Å². The van der Waals surface area contributed by atoms with E-state index in [9.17, 15) is 9.59 Å². The molecule has 0 aliphatic rings. The van der Waals surface area contributed by atoms with Crippen molar-refractivity contribution in [2.45, 2.75) is 20.0 Å². The number of furan rings is 1. The van der Waals surface area contributed by atoms with Gasteiger partial charge in [0.25, 0.3) is 5.56 Å². The number of fused-ring (bicyclic) bond motifs is 1. The van der Waals surface area contributed by atoms with Crippen LogP contribution in [0.4, 0.5) is 10.5 Å². The van der Waals surface area contributed by atoms with Crippen molar-refractivity contribution < 1.29 is 9.21 Å². The first-order valence-corrected chi connectivity index (χ1v) is 9.82. The molecular formula is C23H20ClN3O3. The summed E-state index contributed by atoms with van der Waals surface area (Å²) in [5.41, 5.74) is 2.66. The zero-order valence-corrected chi connectivity index (χ0v) is 17.1. The van der Waals surface area contributed by atoms with E-state index in [4.69, 9.17) is 16.0 Å². The topological polar surface area (TPSA) is 78.3 Å². The SMILES string of the molecule is Cc1ccc2cc(CN(Cc3ccco3)C(=O)Nc3cccc(Cl)c3)c(=O)[nH]c2c1. The highest BCUT2D eigenvalue weighted by Gasteiger charge is 2.18. The lowest BCUT2D eigenvalue weighted by Gasteiger charge is -2.22. The summed E-state index contributed by atoms with van der Waals surface area (Å²) in [7, 11) is 0. The Kier molecular flexibility index (Phi) is 5.59. The standard InChI is InChI=1S/C23H20ClN3O3/c1-15-7-8-16-11-17(22(28)26-21(16)10-15)13-27(14-20-6-3-9-30-20)23(29)25-19-5-2-4-18(24)12-19/h2-12H,13-14H2,1H3,(H,25,29)(H,26,28). The van der Waals surface area contributed by atoms with Gasteiger partial charge in [0.1, 0.15) is 5.76 Å². The highest BCUT2D eigenvalue weighted by atomic mass is 35.5. The van der Waals surface area contributed by atoms with Gasteiger partial charge >= 0.3 is 6.03 Å². The first-order chi connectivity index (χ1) is 14.5. The van der Waals surface area contributed by atoms with E-state index in [0.29, 0.717) is 22.0 Å². The van der Waals surface area contributed by atoms with Crippen molar-refractivity contribution in [2.75, 3.05) is 5.32 Å². The molecule has 4 aromatic rings. The van der Waals surface area contributed by atoms with E-state index in [1.54, 1.807) is 42.7 Å². The van der Waals surface area contributed by atoms with E-state index in [0.717, 1.165) is 16.5 Å². The van der Waals surface area contributed by atoms with Crippen molar-refractivity contribution in [3.8, 4) is 0 Å². The van der Waals surface area contributed by atoms with Gasteiger partial charge in [0, 0.05) is 21.8 Å². The molecule has 2 N–H and O–H groups in total. The molecule has 2 heterocycles. The van der Waals surface area contributed by atoms with Gasteiger partial charge in [-0.05, 0) is 60.3 Å². The molecule has 6 nitrogen and oxygen atoms in total. The quantitative estimate of drug-likeness (QED) is 0.458. The minimum Gasteiger partial charge on any atom is -0.467 e. The number of carbonyl (C=O) groups is 1. The van der Waals surface area contributed by atoms with Gasteiger partial charge in [0.15, 0.2) is 0 Å². The van der Waals surface area contributed by atoms with Gasteiger partial charge in [-0.15, -0.1) is 0 Å². The minimum atomic E-state index is -0.364. The number of aromatic nitrogens is 1. The molecule has 0 aliphatic carbocycles. The Morgan fingerprint density at radius 3 is 2.73 bits per heavy atom. The van der Waals surface area contributed by atoms with Crippen molar-refractivity contribution in [1.29, 1.82) is 0 Å². The van der Waals surface area contributed by atoms with Crippen molar-refractivity contribution in [1.82, 2.24) is 9.88 Å². The van der Waals surface area contributed by atoms with Crippen LogP contribution in [0, 0.1) is 6.92 Å². The van der Waals surface area contributed by atoms with E-state index >= 15 is 0 Å². The van der Waals surface area contributed by atoms with Crippen LogP contribution in [0.5, 0.6) is 0 Å². The summed E-state index contributed by atoms with van der Waals surface area (Å²) in [4.78, 5) is 30.1. The second-order valence-corrected chi connectivity index (χ2v) is 7.53. The molecule has 2 aromatic carbocycles. The van der Waals surface area contributed by atoms with Crippen molar-refractivity contribution in [2.24, 2.45) is 0 Å². The summed E-state index contributed by atoms with van der Waals surface area (Å²) in [6, 6.07) is 17.7. The fraction of sp³-hybridized carbons (Fsp3) is 0.130. The zero-order chi connectivity index (χ0) is 21.1. The third-order valence-electron chi connectivity index (χ3n) is 4.73. The van der Waals surface area contributed by atoms with Gasteiger partial charge in [0.05, 0.1) is 19.4 Å². The van der Waals surface area contributed by atoms with E-state index in [2.05, 4.69) is 10.3 Å². The number of amides is 2. The summed E-state index contributed by atoms with van der Waals surface area (Å²) in [5.74, 6) is 0.615. The van der Waals surface area contributed by atoms with Gasteiger partial charge in [-0.25, -0.2) is 4.79 Å². The molecule has 0 saturated carbocycles. The Hall–Kier alpha value is -3.51. The third kappa shape index (κ3) is 4.55. The predicted molar refractivity (Wildman–Crippen MR) is 118 cm³/mol. The first kappa shape index (κ1) is 19.8. The van der Waals surface area contributed by atoms with Gasteiger partial charge in [-0.2, -0.15) is 0 Å². The number of anilines is 1. The van der Waals surface area contributed by atoms with Gasteiger partial charge in [-0.3, -0.25) is 4.79 Å². The number of carbonyl (C=O) groups excluding carboxylic acids is 1. The van der Waals surface area contributed by atoms with Crippen LogP contribution in [0.25, 0.3) is 10.9 Å². The lowest BCUT2D eigenvalue weighted by molar-refractivity contribution is 0.201. The molecule has 0 unspecified atom stereocenters. The van der Waals surface area contributed by atoms with E-state index < -0.39 is 0 Å². The Labute approximate surface area is 178 Å². The molecule has 0 radical (unpaired) electrons. The zero-order valence-electron chi connectivity index (χ0n) is 16.3. The Balaban J connectivity index is 1.63. The van der Waals surface area contributed by atoms with Gasteiger partial charge in [-0.1, -0.05) is 29.8 Å². The number of rotatable bonds is 5. The predicted octanol–water partition coefficient (Wildman–Crippen LogP) is 5.32. The van der Waals surface area contributed by atoms with Crippen molar-refractivity contribution in [3.05, 3.63) is 99.2 Å². The summed E-state index contributed by atoms with van der Waals surface area (Å²) in [6.07, 6.45) is 1.55. The van der Waals surface area contributed by atoms with E-state index in [1.807, 2.05) is 31.2 Å². The number of aryl methyl sites for hydroxylation is 1. The molecule has 0 saturated heterocycles. The number of nitrogens with one attached hydrogen (secondary N) is 2. The van der Waals surface area contributed by atoms with Gasteiger partial charge < -0.3 is 19.6 Å². The van der Waals surface area contributed by atoms with Gasteiger partial charge in [0.2, 0.25) is 0 Å². The molecule has 4 rings (SSSR count). The monoisotopic (exact) mass is 421 g/mol. The average Bonchev–Trinajstić information content (AvgIpc) is 3.21. The number of nitrogens with zero attached hydrogens (tertiary/aromatic N) is 1. The van der Waals surface area contributed by atoms with Crippen LogP contribution in [0.2, 0.25) is 5.02 Å². The number of benzene rings is 2. The largest absolute Gasteiger partial charge is 0.467 e. The molecule has 0 spiro atoms. The summed E-state index contributed by atoms with van der Waals surface area (Å²) >= 11 is 6.01. The number of halogens is 1. The van der Waals surface area contributed by atoms with Crippen LogP contribution in [0.3, 0.4) is 0 Å². The molecule has 0 bridgehead atoms. The fourth-order valence-electron chi connectivity index (χ4n) is 3.24. The highest BCUT2D eigenvalue weighted by molar-refractivity contribution is 6.30. The Morgan fingerprint density at radius 2 is 1.97 bits per heavy atom. The second-order valence-electron chi connectivity index (χ2n) is 7.09. The molecule has 0 aliphatic heterocycles. The third-order valence-corrected chi connectivity index (χ3v) is 4.96. The summed E-state index contributed by atoms with van der Waals surface area (Å²) in [5, 5.41) is 4.25. The van der Waals surface area contributed by atoms with Crippen LogP contribution < -0.4 is 10.9 Å². The second kappa shape index (κ2) is 8.47. The van der Waals surface area contributed by atoms with Crippen LogP contribution in [0.1, 0.15) is 16.9 Å². The number of H-pyrrole nitrogens is 1. The normalized spacial score (nSPS) is 10.9. The number of hydrogen-bond donors (Lipinski definition) is 2. The minimum absolute atomic E-state index is 0.117. The van der Waals surface area contributed by atoms with Crippen molar-refractivity contribution >= 4 is 34.2 Å². The molecule has 0 fully saturated rings. The first-order valence-electron chi connectivity index (χ1n) is 9.44. The molecule has 2 aromatic heterocycles. The maximum absolute atomic E-state index is 13.0. The lowest BCUT2D eigenvalue weighted by Crippen LogP contribution is -2.35. The van der Waals surface area contributed by atoms with E-state index in [-0.39, 0.29) is 24.7 Å². The Morgan fingerprint density at radius 1 is 1.10 bits per heavy atom. The summed E-state index contributed by atoms with van der Waals surface area (Å²) in [6.45, 7) is 2.30. The number of hydrogen-bond acceptors (Lipinski definition) is 3. The molecular weight excluding hydrogens is 402 g/mol.